The molecule has 1 unspecified atom stereocenters. The molecule has 3 rings (SSSR count). The van der Waals surface area contributed by atoms with E-state index in [4.69, 9.17) is 0 Å². The number of nitrogens with zero attached hydrogens (tertiary/aromatic N) is 2. The third-order valence-electron chi connectivity index (χ3n) is 4.53. The van der Waals surface area contributed by atoms with Crippen molar-refractivity contribution in [3.05, 3.63) is 65.5 Å². The Morgan fingerprint density at radius 2 is 2.04 bits per heavy atom. The number of nitrogens with one attached hydrogen (secondary N) is 2. The number of piperazine rings is 1. The Kier molecular flexibility index (Phi) is 8.09. The van der Waals surface area contributed by atoms with Gasteiger partial charge in [-0.25, -0.2) is 8.78 Å². The molecule has 1 amide bonds. The normalized spacial score (nSPS) is 17.2. The molecule has 0 radical (unpaired) electrons. The molecule has 1 aromatic carbocycles. The first-order chi connectivity index (χ1) is 12.6. The zero-order valence-corrected chi connectivity index (χ0v) is 15.6. The number of carbonyl (C=O) groups excluding carboxylic acids is 1. The van der Waals surface area contributed by atoms with Gasteiger partial charge in [0, 0.05) is 50.2 Å². The standard InChI is InChI=1S/C19H22F2N4O.ClH/c20-16-4-1-5-17(21)15(16)6-8-24-19(26)13-25-10-9-23-12-18(25)14-3-2-7-22-11-14;/h1-5,7,11,18,23H,6,8-10,12-13H2,(H,24,26);1H. The molecule has 1 saturated heterocycles. The lowest BCUT2D eigenvalue weighted by molar-refractivity contribution is -0.123. The van der Waals surface area contributed by atoms with Crippen molar-refractivity contribution in [2.45, 2.75) is 12.5 Å². The van der Waals surface area contributed by atoms with E-state index in [0.29, 0.717) is 0 Å². The molecule has 1 aliphatic rings. The summed E-state index contributed by atoms with van der Waals surface area (Å²) >= 11 is 0. The van der Waals surface area contributed by atoms with E-state index in [9.17, 15) is 13.6 Å². The van der Waals surface area contributed by atoms with E-state index >= 15 is 0 Å². The van der Waals surface area contributed by atoms with Crippen LogP contribution >= 0.6 is 12.4 Å². The first kappa shape index (κ1) is 21.2. The number of aromatic nitrogens is 1. The predicted octanol–water partition coefficient (Wildman–Crippen LogP) is 2.09. The molecule has 2 aromatic rings. The molecular formula is C19H23ClF2N4O. The monoisotopic (exact) mass is 396 g/mol. The largest absolute Gasteiger partial charge is 0.355 e. The first-order valence-corrected chi connectivity index (χ1v) is 8.69. The SMILES string of the molecule is Cl.O=C(CN1CCNCC1c1cccnc1)NCCc1c(F)cccc1F. The Bertz CT molecular complexity index is 727. The molecule has 0 bridgehead atoms. The van der Waals surface area contributed by atoms with E-state index in [1.54, 1.807) is 6.20 Å². The number of rotatable bonds is 6. The summed E-state index contributed by atoms with van der Waals surface area (Å²) in [6, 6.07) is 7.73. The third kappa shape index (κ3) is 5.69. The molecule has 2 heterocycles. The highest BCUT2D eigenvalue weighted by atomic mass is 35.5. The number of amides is 1. The average molecular weight is 397 g/mol. The highest BCUT2D eigenvalue weighted by Gasteiger charge is 2.25. The van der Waals surface area contributed by atoms with Crippen LogP contribution in [0.25, 0.3) is 0 Å². The van der Waals surface area contributed by atoms with Gasteiger partial charge in [0.05, 0.1) is 6.54 Å². The summed E-state index contributed by atoms with van der Waals surface area (Å²) in [6.07, 6.45) is 3.65. The van der Waals surface area contributed by atoms with Gasteiger partial charge in [0.2, 0.25) is 5.91 Å². The van der Waals surface area contributed by atoms with Gasteiger partial charge in [0.1, 0.15) is 11.6 Å². The van der Waals surface area contributed by atoms with Crippen LogP contribution in [0.4, 0.5) is 8.78 Å². The second-order valence-electron chi connectivity index (χ2n) is 6.28. The Morgan fingerprint density at radius 1 is 1.26 bits per heavy atom. The van der Waals surface area contributed by atoms with Gasteiger partial charge in [-0.1, -0.05) is 12.1 Å². The quantitative estimate of drug-likeness (QED) is 0.785. The van der Waals surface area contributed by atoms with Crippen molar-refractivity contribution in [2.24, 2.45) is 0 Å². The van der Waals surface area contributed by atoms with E-state index in [1.807, 2.05) is 18.3 Å². The topological polar surface area (TPSA) is 57.3 Å². The number of hydrogen-bond donors (Lipinski definition) is 2. The third-order valence-corrected chi connectivity index (χ3v) is 4.53. The van der Waals surface area contributed by atoms with Crippen LogP contribution in [0.1, 0.15) is 17.2 Å². The maximum absolute atomic E-state index is 13.6. The van der Waals surface area contributed by atoms with Crippen LogP contribution in [-0.2, 0) is 11.2 Å². The molecule has 8 heteroatoms. The van der Waals surface area contributed by atoms with Crippen LogP contribution in [0.5, 0.6) is 0 Å². The van der Waals surface area contributed by atoms with Gasteiger partial charge in [0.25, 0.3) is 0 Å². The maximum Gasteiger partial charge on any atom is 0.234 e. The van der Waals surface area contributed by atoms with E-state index in [2.05, 4.69) is 20.5 Å². The van der Waals surface area contributed by atoms with Gasteiger partial charge in [-0.05, 0) is 30.2 Å². The molecule has 1 aliphatic heterocycles. The van der Waals surface area contributed by atoms with Gasteiger partial charge in [0.15, 0.2) is 0 Å². The highest BCUT2D eigenvalue weighted by Crippen LogP contribution is 2.20. The molecule has 0 spiro atoms. The summed E-state index contributed by atoms with van der Waals surface area (Å²) in [7, 11) is 0. The van der Waals surface area contributed by atoms with E-state index < -0.39 is 11.6 Å². The zero-order valence-electron chi connectivity index (χ0n) is 14.8. The van der Waals surface area contributed by atoms with Crippen molar-refractivity contribution in [3.63, 3.8) is 0 Å². The lowest BCUT2D eigenvalue weighted by atomic mass is 10.1. The second-order valence-corrected chi connectivity index (χ2v) is 6.28. The van der Waals surface area contributed by atoms with Crippen molar-refractivity contribution < 1.29 is 13.6 Å². The maximum atomic E-state index is 13.6. The number of carbonyl (C=O) groups is 1. The molecule has 146 valence electrons. The summed E-state index contributed by atoms with van der Waals surface area (Å²) in [5.74, 6) is -1.33. The molecular weight excluding hydrogens is 374 g/mol. The predicted molar refractivity (Wildman–Crippen MR) is 102 cm³/mol. The van der Waals surface area contributed by atoms with Crippen LogP contribution in [0.3, 0.4) is 0 Å². The minimum Gasteiger partial charge on any atom is -0.355 e. The van der Waals surface area contributed by atoms with Crippen molar-refractivity contribution >= 4 is 18.3 Å². The van der Waals surface area contributed by atoms with E-state index in [-0.39, 0.29) is 49.4 Å². The molecule has 2 N–H and O–H groups in total. The molecule has 0 aliphatic carbocycles. The fraction of sp³-hybridized carbons (Fsp3) is 0.368. The number of pyridine rings is 1. The van der Waals surface area contributed by atoms with Gasteiger partial charge < -0.3 is 10.6 Å². The fourth-order valence-electron chi connectivity index (χ4n) is 3.18. The van der Waals surface area contributed by atoms with Crippen LogP contribution in [0, 0.1) is 11.6 Å². The molecule has 1 atom stereocenters. The van der Waals surface area contributed by atoms with Crippen molar-refractivity contribution in [1.82, 2.24) is 20.5 Å². The average Bonchev–Trinajstić information content (AvgIpc) is 2.65. The summed E-state index contributed by atoms with van der Waals surface area (Å²) in [6.45, 7) is 2.74. The number of benzene rings is 1. The number of halogens is 3. The molecule has 0 saturated carbocycles. The smallest absolute Gasteiger partial charge is 0.234 e. The Morgan fingerprint density at radius 3 is 2.74 bits per heavy atom. The summed E-state index contributed by atoms with van der Waals surface area (Å²) in [5, 5.41) is 6.08. The van der Waals surface area contributed by atoms with Gasteiger partial charge in [-0.3, -0.25) is 14.7 Å². The minimum absolute atomic E-state index is 0. The Labute approximate surface area is 163 Å². The molecule has 1 fully saturated rings. The molecule has 1 aromatic heterocycles. The Balaban J connectivity index is 0.00000261. The van der Waals surface area contributed by atoms with E-state index in [1.165, 1.54) is 18.2 Å². The molecule has 5 nitrogen and oxygen atoms in total. The minimum atomic E-state index is -0.585. The van der Waals surface area contributed by atoms with Gasteiger partial charge in [-0.15, -0.1) is 12.4 Å². The van der Waals surface area contributed by atoms with E-state index in [0.717, 1.165) is 25.2 Å². The number of hydrogen-bond acceptors (Lipinski definition) is 4. The summed E-state index contributed by atoms with van der Waals surface area (Å²) in [4.78, 5) is 18.5. The van der Waals surface area contributed by atoms with Crippen molar-refractivity contribution in [2.75, 3.05) is 32.7 Å². The lowest BCUT2D eigenvalue weighted by Crippen LogP contribution is -2.49. The molecule has 27 heavy (non-hydrogen) atoms. The van der Waals surface area contributed by atoms with Crippen LogP contribution in [0.2, 0.25) is 0 Å². The Hall–Kier alpha value is -2.09. The van der Waals surface area contributed by atoms with Crippen LogP contribution in [-0.4, -0.2) is 48.5 Å². The zero-order chi connectivity index (χ0) is 18.4. The summed E-state index contributed by atoms with van der Waals surface area (Å²) < 4.78 is 27.2. The van der Waals surface area contributed by atoms with Gasteiger partial charge >= 0.3 is 0 Å². The summed E-state index contributed by atoms with van der Waals surface area (Å²) in [5.41, 5.74) is 1.06. The van der Waals surface area contributed by atoms with Crippen molar-refractivity contribution in [3.8, 4) is 0 Å². The lowest BCUT2D eigenvalue weighted by Gasteiger charge is -2.35. The van der Waals surface area contributed by atoms with Crippen LogP contribution < -0.4 is 10.6 Å². The highest BCUT2D eigenvalue weighted by molar-refractivity contribution is 5.85. The fourth-order valence-corrected chi connectivity index (χ4v) is 3.18. The van der Waals surface area contributed by atoms with Crippen molar-refractivity contribution in [1.29, 1.82) is 0 Å². The van der Waals surface area contributed by atoms with Crippen LogP contribution in [0.15, 0.2) is 42.7 Å². The first-order valence-electron chi connectivity index (χ1n) is 8.69. The van der Waals surface area contributed by atoms with Gasteiger partial charge in [-0.2, -0.15) is 0 Å². The second kappa shape index (κ2) is 10.3.